The molecule has 1 aliphatic rings. The van der Waals surface area contributed by atoms with Crippen molar-refractivity contribution in [1.29, 1.82) is 0 Å². The minimum atomic E-state index is 0.128. The van der Waals surface area contributed by atoms with Gasteiger partial charge in [-0.3, -0.25) is 4.90 Å². The Kier molecular flexibility index (Phi) is 5.35. The van der Waals surface area contributed by atoms with Crippen LogP contribution in [0.25, 0.3) is 0 Å². The molecule has 1 fully saturated rings. The molecule has 106 valence electrons. The predicted octanol–water partition coefficient (Wildman–Crippen LogP) is 0.581. The Morgan fingerprint density at radius 2 is 2.16 bits per heavy atom. The molecule has 0 unspecified atom stereocenters. The lowest BCUT2D eigenvalue weighted by Crippen LogP contribution is -2.45. The van der Waals surface area contributed by atoms with Crippen LogP contribution < -0.4 is 15.4 Å². The highest BCUT2D eigenvalue weighted by Crippen LogP contribution is 2.12. The Labute approximate surface area is 114 Å². The first-order valence-corrected chi connectivity index (χ1v) is 6.89. The normalized spacial score (nSPS) is 16.6. The van der Waals surface area contributed by atoms with E-state index in [2.05, 4.69) is 25.5 Å². The van der Waals surface area contributed by atoms with Gasteiger partial charge in [0.05, 0.1) is 6.10 Å². The summed E-state index contributed by atoms with van der Waals surface area (Å²) in [5.74, 6) is 1.44. The van der Waals surface area contributed by atoms with E-state index in [4.69, 9.17) is 4.74 Å². The molecule has 6 nitrogen and oxygen atoms in total. The van der Waals surface area contributed by atoms with Crippen LogP contribution in [0.3, 0.4) is 0 Å². The van der Waals surface area contributed by atoms with Crippen molar-refractivity contribution in [2.45, 2.75) is 20.0 Å². The van der Waals surface area contributed by atoms with Crippen LogP contribution >= 0.6 is 0 Å². The molecule has 1 aromatic heterocycles. The number of aromatic nitrogens is 2. The standard InChI is InChI=1S/C13H23N5O/c1-11(2)19-13-9-12(16-10-17-13)15-5-8-18-6-3-14-4-7-18/h9-11,14H,3-8H2,1-2H3,(H,15,16,17). The van der Waals surface area contributed by atoms with Crippen molar-refractivity contribution in [3.63, 3.8) is 0 Å². The van der Waals surface area contributed by atoms with E-state index in [1.165, 1.54) is 6.33 Å². The minimum Gasteiger partial charge on any atom is -0.475 e. The summed E-state index contributed by atoms with van der Waals surface area (Å²) in [5, 5.41) is 6.66. The monoisotopic (exact) mass is 265 g/mol. The summed E-state index contributed by atoms with van der Waals surface area (Å²) in [4.78, 5) is 10.7. The van der Waals surface area contributed by atoms with Crippen LogP contribution in [0.1, 0.15) is 13.8 Å². The molecule has 2 N–H and O–H groups in total. The zero-order valence-corrected chi connectivity index (χ0v) is 11.7. The Balaban J connectivity index is 1.75. The van der Waals surface area contributed by atoms with Gasteiger partial charge < -0.3 is 15.4 Å². The summed E-state index contributed by atoms with van der Waals surface area (Å²) in [6.07, 6.45) is 1.66. The average molecular weight is 265 g/mol. The molecule has 0 amide bonds. The summed E-state index contributed by atoms with van der Waals surface area (Å²) in [6.45, 7) is 10.3. The molecular formula is C13H23N5O. The lowest BCUT2D eigenvalue weighted by atomic mass is 10.3. The summed E-state index contributed by atoms with van der Waals surface area (Å²) >= 11 is 0. The third-order valence-electron chi connectivity index (χ3n) is 2.94. The van der Waals surface area contributed by atoms with Gasteiger partial charge in [-0.25, -0.2) is 9.97 Å². The Hall–Kier alpha value is -1.40. The van der Waals surface area contributed by atoms with E-state index in [-0.39, 0.29) is 6.10 Å². The van der Waals surface area contributed by atoms with Crippen LogP contribution in [-0.2, 0) is 0 Å². The Morgan fingerprint density at radius 1 is 1.37 bits per heavy atom. The number of anilines is 1. The molecule has 1 aliphatic heterocycles. The van der Waals surface area contributed by atoms with Gasteiger partial charge >= 0.3 is 0 Å². The topological polar surface area (TPSA) is 62.3 Å². The molecule has 0 aromatic carbocycles. The number of piperazine rings is 1. The highest BCUT2D eigenvalue weighted by atomic mass is 16.5. The lowest BCUT2D eigenvalue weighted by Gasteiger charge is -2.27. The lowest BCUT2D eigenvalue weighted by molar-refractivity contribution is 0.232. The van der Waals surface area contributed by atoms with Gasteiger partial charge in [-0.2, -0.15) is 0 Å². The molecule has 19 heavy (non-hydrogen) atoms. The molecule has 0 saturated carbocycles. The second kappa shape index (κ2) is 7.25. The van der Waals surface area contributed by atoms with E-state index in [0.29, 0.717) is 5.88 Å². The maximum atomic E-state index is 5.54. The van der Waals surface area contributed by atoms with Crippen molar-refractivity contribution in [2.75, 3.05) is 44.6 Å². The van der Waals surface area contributed by atoms with Gasteiger partial charge in [-0.15, -0.1) is 0 Å². The van der Waals surface area contributed by atoms with Gasteiger partial charge in [-0.1, -0.05) is 0 Å². The molecular weight excluding hydrogens is 242 g/mol. The summed E-state index contributed by atoms with van der Waals surface area (Å²) in [7, 11) is 0. The van der Waals surface area contributed by atoms with E-state index >= 15 is 0 Å². The first-order chi connectivity index (χ1) is 9.24. The maximum Gasteiger partial charge on any atom is 0.218 e. The molecule has 6 heteroatoms. The van der Waals surface area contributed by atoms with Gasteiger partial charge in [0.1, 0.15) is 12.1 Å². The van der Waals surface area contributed by atoms with E-state index < -0.39 is 0 Å². The zero-order valence-electron chi connectivity index (χ0n) is 11.7. The quantitative estimate of drug-likeness (QED) is 0.784. The third-order valence-corrected chi connectivity index (χ3v) is 2.94. The van der Waals surface area contributed by atoms with E-state index in [1.807, 2.05) is 19.9 Å². The predicted molar refractivity (Wildman–Crippen MR) is 75.6 cm³/mol. The van der Waals surface area contributed by atoms with Gasteiger partial charge in [-0.05, 0) is 13.8 Å². The zero-order chi connectivity index (χ0) is 13.5. The average Bonchev–Trinajstić information content (AvgIpc) is 2.40. The van der Waals surface area contributed by atoms with E-state index in [0.717, 1.165) is 45.1 Å². The molecule has 0 aliphatic carbocycles. The molecule has 0 bridgehead atoms. The summed E-state index contributed by atoms with van der Waals surface area (Å²) in [6, 6.07) is 1.84. The van der Waals surface area contributed by atoms with Gasteiger partial charge in [0.25, 0.3) is 0 Å². The van der Waals surface area contributed by atoms with Gasteiger partial charge in [0, 0.05) is 45.3 Å². The van der Waals surface area contributed by atoms with Gasteiger partial charge in [0.2, 0.25) is 5.88 Å². The van der Waals surface area contributed by atoms with Crippen LogP contribution in [0.2, 0.25) is 0 Å². The first kappa shape index (κ1) is 14.0. The number of hydrogen-bond acceptors (Lipinski definition) is 6. The third kappa shape index (κ3) is 5.00. The Morgan fingerprint density at radius 3 is 2.89 bits per heavy atom. The van der Waals surface area contributed by atoms with Crippen molar-refractivity contribution in [1.82, 2.24) is 20.2 Å². The van der Waals surface area contributed by atoms with Crippen LogP contribution in [0.4, 0.5) is 5.82 Å². The number of ether oxygens (including phenoxy) is 1. The fourth-order valence-corrected chi connectivity index (χ4v) is 2.02. The first-order valence-electron chi connectivity index (χ1n) is 6.89. The highest BCUT2D eigenvalue weighted by Gasteiger charge is 2.08. The van der Waals surface area contributed by atoms with Crippen molar-refractivity contribution in [3.05, 3.63) is 12.4 Å². The minimum absolute atomic E-state index is 0.128. The number of nitrogens with one attached hydrogen (secondary N) is 2. The molecule has 1 saturated heterocycles. The molecule has 0 radical (unpaired) electrons. The number of nitrogens with zero attached hydrogens (tertiary/aromatic N) is 3. The van der Waals surface area contributed by atoms with Crippen molar-refractivity contribution in [3.8, 4) is 5.88 Å². The maximum absolute atomic E-state index is 5.54. The molecule has 0 atom stereocenters. The Bertz CT molecular complexity index is 379. The highest BCUT2D eigenvalue weighted by molar-refractivity contribution is 5.36. The summed E-state index contributed by atoms with van der Waals surface area (Å²) < 4.78 is 5.54. The van der Waals surface area contributed by atoms with E-state index in [9.17, 15) is 0 Å². The fraction of sp³-hybridized carbons (Fsp3) is 0.692. The molecule has 2 heterocycles. The van der Waals surface area contributed by atoms with E-state index in [1.54, 1.807) is 0 Å². The molecule has 0 spiro atoms. The largest absolute Gasteiger partial charge is 0.475 e. The van der Waals surface area contributed by atoms with Crippen LogP contribution in [0.15, 0.2) is 12.4 Å². The smallest absolute Gasteiger partial charge is 0.218 e. The molecule has 1 aromatic rings. The summed E-state index contributed by atoms with van der Waals surface area (Å²) in [5.41, 5.74) is 0. The second-order valence-corrected chi connectivity index (χ2v) is 4.93. The molecule has 2 rings (SSSR count). The number of hydrogen-bond donors (Lipinski definition) is 2. The second-order valence-electron chi connectivity index (χ2n) is 4.93. The van der Waals surface area contributed by atoms with Crippen molar-refractivity contribution >= 4 is 5.82 Å². The van der Waals surface area contributed by atoms with Crippen LogP contribution in [0.5, 0.6) is 5.88 Å². The van der Waals surface area contributed by atoms with Crippen molar-refractivity contribution in [2.24, 2.45) is 0 Å². The van der Waals surface area contributed by atoms with Crippen LogP contribution in [0, 0.1) is 0 Å². The fourth-order valence-electron chi connectivity index (χ4n) is 2.02. The van der Waals surface area contributed by atoms with Crippen LogP contribution in [-0.4, -0.2) is 60.2 Å². The van der Waals surface area contributed by atoms with Gasteiger partial charge in [0.15, 0.2) is 0 Å². The SMILES string of the molecule is CC(C)Oc1cc(NCCN2CCNCC2)ncn1. The van der Waals surface area contributed by atoms with Crippen molar-refractivity contribution < 1.29 is 4.74 Å². The number of rotatable bonds is 6.